The minimum Gasteiger partial charge on any atom is -0.354 e. The molecule has 1 saturated heterocycles. The third-order valence-electron chi connectivity index (χ3n) is 4.59. The van der Waals surface area contributed by atoms with E-state index >= 15 is 0 Å². The number of urea groups is 1. The SMILES string of the molecule is O=C1CN(NC(=O)CCc2c(-c3ccccc3)[nH]c3ccc(F)cc23)C(=O)N1. The second-order valence-electron chi connectivity index (χ2n) is 6.51. The Morgan fingerprint density at radius 1 is 1.14 bits per heavy atom. The third kappa shape index (κ3) is 3.44. The maximum Gasteiger partial charge on any atom is 0.343 e. The van der Waals surface area contributed by atoms with E-state index in [1.54, 1.807) is 6.07 Å². The van der Waals surface area contributed by atoms with Crippen LogP contribution in [0, 0.1) is 5.82 Å². The lowest BCUT2D eigenvalue weighted by Gasteiger charge is -2.14. The summed E-state index contributed by atoms with van der Waals surface area (Å²) in [5.74, 6) is -1.23. The number of hydrazine groups is 1. The van der Waals surface area contributed by atoms with E-state index in [4.69, 9.17) is 0 Å². The molecule has 0 atom stereocenters. The van der Waals surface area contributed by atoms with Gasteiger partial charge >= 0.3 is 6.03 Å². The molecular formula is C20H17FN4O3. The zero-order chi connectivity index (χ0) is 19.7. The predicted octanol–water partition coefficient (Wildman–Crippen LogP) is 2.49. The molecule has 1 fully saturated rings. The highest BCUT2D eigenvalue weighted by Crippen LogP contribution is 2.31. The Morgan fingerprint density at radius 3 is 2.64 bits per heavy atom. The Labute approximate surface area is 159 Å². The number of hydrogen-bond donors (Lipinski definition) is 3. The smallest absolute Gasteiger partial charge is 0.343 e. The first-order valence-electron chi connectivity index (χ1n) is 8.77. The van der Waals surface area contributed by atoms with Crippen LogP contribution in [0.25, 0.3) is 22.2 Å². The van der Waals surface area contributed by atoms with Gasteiger partial charge in [-0.15, -0.1) is 0 Å². The van der Waals surface area contributed by atoms with E-state index in [1.165, 1.54) is 12.1 Å². The molecular weight excluding hydrogens is 363 g/mol. The van der Waals surface area contributed by atoms with E-state index in [0.29, 0.717) is 11.8 Å². The largest absolute Gasteiger partial charge is 0.354 e. The second-order valence-corrected chi connectivity index (χ2v) is 6.51. The maximum absolute atomic E-state index is 13.8. The molecule has 1 aliphatic heterocycles. The first-order valence-corrected chi connectivity index (χ1v) is 8.77. The van der Waals surface area contributed by atoms with Gasteiger partial charge in [0.25, 0.3) is 0 Å². The van der Waals surface area contributed by atoms with Crippen molar-refractivity contribution >= 4 is 28.7 Å². The number of aromatic nitrogens is 1. The molecule has 4 amide bonds. The molecule has 8 heteroatoms. The number of fused-ring (bicyclic) bond motifs is 1. The Morgan fingerprint density at radius 2 is 1.93 bits per heavy atom. The van der Waals surface area contributed by atoms with Crippen LogP contribution >= 0.6 is 0 Å². The van der Waals surface area contributed by atoms with E-state index in [9.17, 15) is 18.8 Å². The third-order valence-corrected chi connectivity index (χ3v) is 4.59. The van der Waals surface area contributed by atoms with Crippen molar-refractivity contribution in [2.75, 3.05) is 6.54 Å². The summed E-state index contributed by atoms with van der Waals surface area (Å²) in [5, 5.41) is 3.74. The maximum atomic E-state index is 13.8. The van der Waals surface area contributed by atoms with Gasteiger partial charge in [0.2, 0.25) is 11.8 Å². The van der Waals surface area contributed by atoms with Crippen molar-refractivity contribution in [1.82, 2.24) is 20.7 Å². The summed E-state index contributed by atoms with van der Waals surface area (Å²) in [4.78, 5) is 38.3. The van der Waals surface area contributed by atoms with Crippen molar-refractivity contribution in [2.24, 2.45) is 0 Å². The standard InChI is InChI=1S/C20H17FN4O3/c21-13-6-8-16-15(10-13)14(19(22-16)12-4-2-1-3-5-12)7-9-17(26)24-25-11-18(27)23-20(25)28/h1-6,8,10,22H,7,9,11H2,(H,24,26)(H,23,27,28). The number of carbonyl (C=O) groups excluding carboxylic acids is 3. The Kier molecular flexibility index (Phi) is 4.52. The molecule has 0 unspecified atom stereocenters. The molecule has 142 valence electrons. The molecule has 3 aromatic rings. The van der Waals surface area contributed by atoms with E-state index in [1.807, 2.05) is 30.3 Å². The fourth-order valence-corrected chi connectivity index (χ4v) is 3.31. The van der Waals surface area contributed by atoms with Crippen molar-refractivity contribution in [3.8, 4) is 11.3 Å². The minimum atomic E-state index is -0.655. The summed E-state index contributed by atoms with van der Waals surface area (Å²) in [5.41, 5.74) is 5.76. The molecule has 0 spiro atoms. The fraction of sp³-hybridized carbons (Fsp3) is 0.150. The van der Waals surface area contributed by atoms with Crippen molar-refractivity contribution in [2.45, 2.75) is 12.8 Å². The van der Waals surface area contributed by atoms with E-state index < -0.39 is 17.8 Å². The normalized spacial score (nSPS) is 13.8. The molecule has 7 nitrogen and oxygen atoms in total. The first-order chi connectivity index (χ1) is 13.5. The van der Waals surface area contributed by atoms with Crippen LogP contribution in [0.5, 0.6) is 0 Å². The highest BCUT2D eigenvalue weighted by Gasteiger charge is 2.28. The van der Waals surface area contributed by atoms with Crippen molar-refractivity contribution in [3.63, 3.8) is 0 Å². The van der Waals surface area contributed by atoms with E-state index in [2.05, 4.69) is 15.7 Å². The first kappa shape index (κ1) is 17.7. The number of nitrogens with one attached hydrogen (secondary N) is 3. The number of rotatable bonds is 5. The van der Waals surface area contributed by atoms with Gasteiger partial charge in [-0.25, -0.2) is 14.2 Å². The van der Waals surface area contributed by atoms with Gasteiger partial charge in [0, 0.05) is 23.0 Å². The molecule has 0 saturated carbocycles. The van der Waals surface area contributed by atoms with Gasteiger partial charge in [-0.1, -0.05) is 30.3 Å². The summed E-state index contributed by atoms with van der Waals surface area (Å²) in [6, 6.07) is 13.4. The number of imide groups is 1. The van der Waals surface area contributed by atoms with Gasteiger partial charge < -0.3 is 4.98 Å². The van der Waals surface area contributed by atoms with Gasteiger partial charge in [-0.3, -0.25) is 20.3 Å². The Hall–Kier alpha value is -3.68. The molecule has 2 heterocycles. The monoisotopic (exact) mass is 380 g/mol. The highest BCUT2D eigenvalue weighted by atomic mass is 19.1. The average Bonchev–Trinajstić information content (AvgIpc) is 3.19. The fourth-order valence-electron chi connectivity index (χ4n) is 3.31. The predicted molar refractivity (Wildman–Crippen MR) is 100 cm³/mol. The molecule has 4 rings (SSSR count). The minimum absolute atomic E-state index is 0.0707. The Balaban J connectivity index is 1.58. The number of benzene rings is 2. The number of nitrogens with zero attached hydrogens (tertiary/aromatic N) is 1. The quantitative estimate of drug-likeness (QED) is 0.594. The van der Waals surface area contributed by atoms with Crippen molar-refractivity contribution < 1.29 is 18.8 Å². The highest BCUT2D eigenvalue weighted by molar-refractivity contribution is 6.02. The van der Waals surface area contributed by atoms with Crippen LogP contribution in [0.3, 0.4) is 0 Å². The zero-order valence-corrected chi connectivity index (χ0v) is 14.8. The summed E-state index contributed by atoms with van der Waals surface area (Å²) >= 11 is 0. The van der Waals surface area contributed by atoms with Crippen molar-refractivity contribution in [3.05, 3.63) is 59.9 Å². The summed E-state index contributed by atoms with van der Waals surface area (Å²) < 4.78 is 13.8. The molecule has 1 aliphatic rings. The number of amides is 4. The van der Waals surface area contributed by atoms with Gasteiger partial charge in [0.1, 0.15) is 12.4 Å². The molecule has 1 aromatic heterocycles. The lowest BCUT2D eigenvalue weighted by Crippen LogP contribution is -2.44. The van der Waals surface area contributed by atoms with Gasteiger partial charge in [0.15, 0.2) is 0 Å². The molecule has 0 aliphatic carbocycles. The number of hydrogen-bond acceptors (Lipinski definition) is 3. The number of aryl methyl sites for hydroxylation is 1. The van der Waals surface area contributed by atoms with Crippen LogP contribution in [0.4, 0.5) is 9.18 Å². The number of carbonyl (C=O) groups is 3. The van der Waals surface area contributed by atoms with E-state index in [-0.39, 0.29) is 18.8 Å². The van der Waals surface area contributed by atoms with Crippen molar-refractivity contribution in [1.29, 1.82) is 0 Å². The average molecular weight is 380 g/mol. The van der Waals surface area contributed by atoms with Crippen LogP contribution in [0.2, 0.25) is 0 Å². The number of aromatic amines is 1. The molecule has 0 radical (unpaired) electrons. The summed E-state index contributed by atoms with van der Waals surface area (Å²) in [6.45, 7) is -0.210. The lowest BCUT2D eigenvalue weighted by atomic mass is 10.0. The molecule has 28 heavy (non-hydrogen) atoms. The molecule has 3 N–H and O–H groups in total. The zero-order valence-electron chi connectivity index (χ0n) is 14.8. The molecule has 2 aromatic carbocycles. The van der Waals surface area contributed by atoms with Crippen LogP contribution < -0.4 is 10.7 Å². The van der Waals surface area contributed by atoms with Crippen LogP contribution in [0.1, 0.15) is 12.0 Å². The molecule has 0 bridgehead atoms. The van der Waals surface area contributed by atoms with Crippen LogP contribution in [-0.2, 0) is 16.0 Å². The Bertz CT molecular complexity index is 1080. The summed E-state index contributed by atoms with van der Waals surface area (Å²) in [6.07, 6.45) is 0.407. The van der Waals surface area contributed by atoms with Gasteiger partial charge in [0.05, 0.1) is 0 Å². The van der Waals surface area contributed by atoms with Crippen LogP contribution in [-0.4, -0.2) is 34.4 Å². The number of H-pyrrole nitrogens is 1. The number of halogens is 1. The lowest BCUT2D eigenvalue weighted by molar-refractivity contribution is -0.125. The van der Waals surface area contributed by atoms with Gasteiger partial charge in [-0.05, 0) is 35.7 Å². The summed E-state index contributed by atoms with van der Waals surface area (Å²) in [7, 11) is 0. The van der Waals surface area contributed by atoms with Gasteiger partial charge in [-0.2, -0.15) is 0 Å². The topological polar surface area (TPSA) is 94.3 Å². The van der Waals surface area contributed by atoms with Crippen LogP contribution in [0.15, 0.2) is 48.5 Å². The van der Waals surface area contributed by atoms with E-state index in [0.717, 1.165) is 27.3 Å². The second kappa shape index (κ2) is 7.15.